The number of para-hydroxylation sites is 1. The number of carbonyl (C=O) groups excluding carboxylic acids is 3. The lowest BCUT2D eigenvalue weighted by Gasteiger charge is -2.40. The molecule has 2 aromatic rings. The molecule has 0 aliphatic carbocycles. The van der Waals surface area contributed by atoms with Crippen molar-refractivity contribution < 1.29 is 32.6 Å². The first-order valence-corrected chi connectivity index (χ1v) is 20.3. The molecule has 6 rings (SSSR count). The van der Waals surface area contributed by atoms with E-state index in [1.165, 1.54) is 4.31 Å². The molecule has 13 nitrogen and oxygen atoms in total. The van der Waals surface area contributed by atoms with Gasteiger partial charge >= 0.3 is 12.1 Å². The van der Waals surface area contributed by atoms with Gasteiger partial charge in [0.2, 0.25) is 0 Å². The normalized spacial score (nSPS) is 20.9. The molecule has 0 aromatic heterocycles. The molecule has 2 aromatic carbocycles. The summed E-state index contributed by atoms with van der Waals surface area (Å²) in [6.45, 7) is 3.24. The number of ether oxygens (including phenoxy) is 1. The van der Waals surface area contributed by atoms with Crippen LogP contribution >= 0.6 is 31.9 Å². The van der Waals surface area contributed by atoms with E-state index in [4.69, 9.17) is 9.88 Å². The number of amides is 4. The summed E-state index contributed by atoms with van der Waals surface area (Å²) in [5.41, 5.74) is 2.64. The van der Waals surface area contributed by atoms with E-state index in [0.29, 0.717) is 85.0 Å². The average Bonchev–Trinajstić information content (AvgIpc) is 3.27. The molecule has 0 saturated carbocycles. The highest BCUT2D eigenvalue weighted by atomic mass is 79.9. The molecule has 3 saturated heterocycles. The summed E-state index contributed by atoms with van der Waals surface area (Å²) in [5, 5.41) is 18.6. The largest absolute Gasteiger partial charge is 0.506 e. The summed E-state index contributed by atoms with van der Waals surface area (Å²) in [5.74, 6) is 0.505. The highest BCUT2D eigenvalue weighted by molar-refractivity contribution is 9.11. The summed E-state index contributed by atoms with van der Waals surface area (Å²) < 4.78 is 31.7. The van der Waals surface area contributed by atoms with Gasteiger partial charge < -0.3 is 29.9 Å². The maximum atomic E-state index is 14.0. The van der Waals surface area contributed by atoms with Gasteiger partial charge in [-0.05, 0) is 118 Å². The van der Waals surface area contributed by atoms with E-state index in [1.807, 2.05) is 29.2 Å². The Labute approximate surface area is 309 Å². The van der Waals surface area contributed by atoms with Gasteiger partial charge in [0.25, 0.3) is 16.1 Å². The molecule has 4 amide bonds. The van der Waals surface area contributed by atoms with E-state index in [-0.39, 0.29) is 30.2 Å². The Morgan fingerprint density at radius 2 is 1.48 bits per heavy atom. The van der Waals surface area contributed by atoms with Crippen molar-refractivity contribution in [2.75, 3.05) is 51.1 Å². The molecule has 3 fully saturated rings. The fourth-order valence-electron chi connectivity index (χ4n) is 7.82. The van der Waals surface area contributed by atoms with Gasteiger partial charge in [-0.2, -0.15) is 12.7 Å². The summed E-state index contributed by atoms with van der Waals surface area (Å²) in [6.07, 6.45) is 3.48. The van der Waals surface area contributed by atoms with Gasteiger partial charge in [0, 0.05) is 64.0 Å². The third-order valence-electron chi connectivity index (χ3n) is 10.7. The van der Waals surface area contributed by atoms with Crippen molar-refractivity contribution in [3.63, 3.8) is 0 Å². The van der Waals surface area contributed by atoms with Gasteiger partial charge in [0.15, 0.2) is 6.10 Å². The van der Waals surface area contributed by atoms with E-state index in [9.17, 15) is 27.9 Å². The number of fused-ring (bicyclic) bond motifs is 1. The second-order valence-electron chi connectivity index (χ2n) is 13.7. The molecule has 272 valence electrons. The number of phenols is 1. The Hall–Kier alpha value is -2.92. The fourth-order valence-corrected chi connectivity index (χ4v) is 9.82. The van der Waals surface area contributed by atoms with Gasteiger partial charge in [-0.1, -0.05) is 18.2 Å². The maximum absolute atomic E-state index is 14.0. The molecule has 4 heterocycles. The lowest BCUT2D eigenvalue weighted by molar-refractivity contribution is -0.142. The molecule has 4 N–H and O–H groups in total. The summed E-state index contributed by atoms with van der Waals surface area (Å²) in [7, 11) is -3.68. The van der Waals surface area contributed by atoms with Crippen molar-refractivity contribution in [1.82, 2.24) is 19.0 Å². The number of phenolic OH excluding ortho intramolecular Hbond substituents is 1. The molecule has 4 aliphatic rings. The lowest BCUT2D eigenvalue weighted by Crippen LogP contribution is -2.52. The van der Waals surface area contributed by atoms with E-state index in [1.54, 1.807) is 21.9 Å². The average molecular weight is 841 g/mol. The number of hydrogen-bond acceptors (Lipinski definition) is 7. The van der Waals surface area contributed by atoms with Gasteiger partial charge in [-0.25, -0.2) is 14.7 Å². The number of hydrogen-bond donors (Lipinski definition) is 3. The van der Waals surface area contributed by atoms with Crippen molar-refractivity contribution in [3.8, 4) is 5.75 Å². The van der Waals surface area contributed by atoms with Crippen LogP contribution < -0.4 is 10.5 Å². The summed E-state index contributed by atoms with van der Waals surface area (Å²) in [4.78, 5) is 46.0. The number of nitrogens with zero attached hydrogens (tertiary/aromatic N) is 4. The topological polar surface area (TPSA) is 166 Å². The third kappa shape index (κ3) is 8.57. The van der Waals surface area contributed by atoms with Crippen molar-refractivity contribution >= 4 is 65.8 Å². The number of rotatable bonds is 7. The minimum Gasteiger partial charge on any atom is -0.506 e. The fraction of sp³-hybridized carbons (Fsp3) is 0.559. The molecule has 0 bridgehead atoms. The number of urea groups is 1. The number of nitrogens with two attached hydrogens (primary N) is 1. The van der Waals surface area contributed by atoms with Crippen molar-refractivity contribution in [2.24, 2.45) is 17.0 Å². The van der Waals surface area contributed by atoms with Crippen LogP contribution in [-0.2, 0) is 32.6 Å². The predicted octanol–water partition coefficient (Wildman–Crippen LogP) is 4.67. The minimum atomic E-state index is -3.68. The molecule has 4 aliphatic heterocycles. The standard InChI is InChI=1S/C34H44Br2N6O7S/c35-27-19-22(20-28(36)31(27)43)21-30(32(44)39-12-5-23(6-13-39)24-7-16-41(17-8-24)50(37,47)48)49-34(46)40-14-10-26(11-15-40)42-18-9-25-3-1-2-4-29(25)38-33(42)45/h1-4,19-20,23-24,26,30,43H,5-18,21H2,(H,38,45)(H2,37,47,48). The number of halogens is 2. The molecule has 50 heavy (non-hydrogen) atoms. The molecule has 1 atom stereocenters. The Morgan fingerprint density at radius 3 is 2.10 bits per heavy atom. The van der Waals surface area contributed by atoms with Crippen molar-refractivity contribution in [2.45, 2.75) is 63.5 Å². The van der Waals surface area contributed by atoms with Crippen LogP contribution in [0.4, 0.5) is 15.3 Å². The zero-order valence-corrected chi connectivity index (χ0v) is 31.8. The number of anilines is 1. The number of nitrogens with one attached hydrogen (secondary N) is 1. The number of benzene rings is 2. The van der Waals surface area contributed by atoms with E-state index < -0.39 is 22.4 Å². The van der Waals surface area contributed by atoms with E-state index in [2.05, 4.69) is 37.2 Å². The SMILES string of the molecule is NS(=O)(=O)N1CCC(C2CCN(C(=O)C(Cc3cc(Br)c(O)c(Br)c3)OC(=O)N3CCC(N4CCc5ccccc5NC4=O)CC3)CC2)CC1. The highest BCUT2D eigenvalue weighted by Gasteiger charge is 2.37. The Bertz CT molecular complexity index is 1670. The van der Waals surface area contributed by atoms with Crippen LogP contribution in [0.3, 0.4) is 0 Å². The van der Waals surface area contributed by atoms with Crippen molar-refractivity contribution in [1.29, 1.82) is 0 Å². The van der Waals surface area contributed by atoms with Crippen LogP contribution in [0.2, 0.25) is 0 Å². The van der Waals surface area contributed by atoms with Crippen LogP contribution in [0.15, 0.2) is 45.3 Å². The zero-order valence-electron chi connectivity index (χ0n) is 27.8. The Balaban J connectivity index is 1.07. The lowest BCUT2D eigenvalue weighted by atomic mass is 9.79. The van der Waals surface area contributed by atoms with Crippen LogP contribution in [0.1, 0.15) is 49.7 Å². The minimum absolute atomic E-state index is 0.0225. The second kappa shape index (κ2) is 15.8. The predicted molar refractivity (Wildman–Crippen MR) is 195 cm³/mol. The van der Waals surface area contributed by atoms with Crippen LogP contribution in [0.25, 0.3) is 0 Å². The van der Waals surface area contributed by atoms with Crippen LogP contribution in [0.5, 0.6) is 5.75 Å². The van der Waals surface area contributed by atoms with Crippen molar-refractivity contribution in [3.05, 3.63) is 56.5 Å². The Morgan fingerprint density at radius 1 is 0.900 bits per heavy atom. The van der Waals surface area contributed by atoms with Crippen LogP contribution in [-0.4, -0.2) is 109 Å². The molecule has 0 radical (unpaired) electrons. The highest BCUT2D eigenvalue weighted by Crippen LogP contribution is 2.35. The van der Waals surface area contributed by atoms with E-state index >= 15 is 0 Å². The van der Waals surface area contributed by atoms with Crippen LogP contribution in [0, 0.1) is 11.8 Å². The molecule has 1 unspecified atom stereocenters. The number of carbonyl (C=O) groups is 3. The molecule has 16 heteroatoms. The zero-order chi connectivity index (χ0) is 35.6. The number of likely N-dealkylation sites (tertiary alicyclic amines) is 2. The first-order chi connectivity index (χ1) is 23.9. The summed E-state index contributed by atoms with van der Waals surface area (Å²) in [6, 6.07) is 11.1. The molecular formula is C34H44Br2N6O7S. The molecule has 0 spiro atoms. The molecular weight excluding hydrogens is 796 g/mol. The third-order valence-corrected chi connectivity index (χ3v) is 13.0. The van der Waals surface area contributed by atoms with E-state index in [0.717, 1.165) is 43.4 Å². The number of piperidine rings is 3. The smallest absolute Gasteiger partial charge is 0.410 e. The Kier molecular flexibility index (Phi) is 11.6. The quantitative estimate of drug-likeness (QED) is 0.365. The number of aromatic hydroxyl groups is 1. The monoisotopic (exact) mass is 838 g/mol. The van der Waals surface area contributed by atoms with Gasteiger partial charge in [0.05, 0.1) is 8.95 Å². The first kappa shape index (κ1) is 36.9. The second-order valence-corrected chi connectivity index (χ2v) is 16.9. The van der Waals surface area contributed by atoms with Gasteiger partial charge in [0.1, 0.15) is 5.75 Å². The first-order valence-electron chi connectivity index (χ1n) is 17.2. The maximum Gasteiger partial charge on any atom is 0.410 e. The van der Waals surface area contributed by atoms with Gasteiger partial charge in [-0.3, -0.25) is 4.79 Å². The van der Waals surface area contributed by atoms with Gasteiger partial charge in [-0.15, -0.1) is 0 Å². The summed E-state index contributed by atoms with van der Waals surface area (Å²) >= 11 is 6.72.